The monoisotopic (exact) mass is 196 g/mol. The van der Waals surface area contributed by atoms with E-state index in [2.05, 4.69) is 4.74 Å². The highest BCUT2D eigenvalue weighted by Gasteiger charge is 2.14. The van der Waals surface area contributed by atoms with Crippen LogP contribution in [0.3, 0.4) is 0 Å². The lowest BCUT2D eigenvalue weighted by Gasteiger charge is -2.07. The highest BCUT2D eigenvalue weighted by molar-refractivity contribution is 5.83. The van der Waals surface area contributed by atoms with Crippen LogP contribution in [0.25, 0.3) is 0 Å². The fourth-order valence-electron chi connectivity index (χ4n) is 0.915. The van der Waals surface area contributed by atoms with Crippen LogP contribution in [-0.4, -0.2) is 22.5 Å². The molecule has 0 amide bonds. The van der Waals surface area contributed by atoms with Gasteiger partial charge in [0.05, 0.1) is 5.56 Å². The highest BCUT2D eigenvalue weighted by Crippen LogP contribution is 2.37. The second-order valence-electron chi connectivity index (χ2n) is 2.56. The number of aldehydes is 1. The molecule has 5 heteroatoms. The van der Waals surface area contributed by atoms with Crippen molar-refractivity contribution in [2.24, 2.45) is 0 Å². The van der Waals surface area contributed by atoms with Crippen LogP contribution in [0, 0.1) is 0 Å². The number of esters is 1. The standard InChI is InChI=1S/C9H8O5/c1-5(11)14-9-7(12)3-2-6(4-10)8(9)13/h2-4,12-13H,1H3. The van der Waals surface area contributed by atoms with Crippen molar-refractivity contribution in [1.29, 1.82) is 0 Å². The van der Waals surface area contributed by atoms with Gasteiger partial charge in [0.2, 0.25) is 5.75 Å². The Morgan fingerprint density at radius 2 is 2.07 bits per heavy atom. The van der Waals surface area contributed by atoms with Crippen LogP contribution >= 0.6 is 0 Å². The number of benzene rings is 1. The third-order valence-electron chi connectivity index (χ3n) is 1.51. The molecular formula is C9H8O5. The fraction of sp³-hybridized carbons (Fsp3) is 0.111. The van der Waals surface area contributed by atoms with Crippen molar-refractivity contribution in [3.8, 4) is 17.2 Å². The van der Waals surface area contributed by atoms with Gasteiger partial charge in [-0.15, -0.1) is 0 Å². The van der Waals surface area contributed by atoms with Gasteiger partial charge in [0, 0.05) is 6.92 Å². The Labute approximate surface area is 79.6 Å². The van der Waals surface area contributed by atoms with E-state index >= 15 is 0 Å². The van der Waals surface area contributed by atoms with E-state index in [9.17, 15) is 19.8 Å². The van der Waals surface area contributed by atoms with Gasteiger partial charge in [-0.25, -0.2) is 0 Å². The average molecular weight is 196 g/mol. The Kier molecular flexibility index (Phi) is 2.71. The maximum absolute atomic E-state index is 10.6. The minimum Gasteiger partial charge on any atom is -0.504 e. The summed E-state index contributed by atoms with van der Waals surface area (Å²) in [7, 11) is 0. The fourth-order valence-corrected chi connectivity index (χ4v) is 0.915. The van der Waals surface area contributed by atoms with E-state index in [-0.39, 0.29) is 5.56 Å². The quantitative estimate of drug-likeness (QED) is 0.416. The van der Waals surface area contributed by atoms with E-state index < -0.39 is 23.2 Å². The average Bonchev–Trinajstić information content (AvgIpc) is 2.12. The van der Waals surface area contributed by atoms with Crippen molar-refractivity contribution >= 4 is 12.3 Å². The molecule has 14 heavy (non-hydrogen) atoms. The number of carbonyl (C=O) groups is 2. The predicted octanol–water partition coefficient (Wildman–Crippen LogP) is 0.836. The number of phenolic OH excluding ortho intramolecular Hbond substituents is 2. The number of rotatable bonds is 2. The zero-order valence-corrected chi connectivity index (χ0v) is 7.35. The second kappa shape index (κ2) is 3.78. The van der Waals surface area contributed by atoms with Crippen molar-refractivity contribution in [3.05, 3.63) is 17.7 Å². The van der Waals surface area contributed by atoms with E-state index in [1.54, 1.807) is 0 Å². The predicted molar refractivity (Wildman–Crippen MR) is 46.5 cm³/mol. The third-order valence-corrected chi connectivity index (χ3v) is 1.51. The van der Waals surface area contributed by atoms with Gasteiger partial charge >= 0.3 is 5.97 Å². The van der Waals surface area contributed by atoms with Gasteiger partial charge in [-0.1, -0.05) is 0 Å². The Hall–Kier alpha value is -2.04. The number of aromatic hydroxyl groups is 2. The molecule has 0 saturated carbocycles. The molecule has 1 aromatic rings. The van der Waals surface area contributed by atoms with Gasteiger partial charge in [-0.2, -0.15) is 0 Å². The Bertz CT molecular complexity index is 383. The number of hydrogen-bond acceptors (Lipinski definition) is 5. The van der Waals surface area contributed by atoms with Crippen molar-refractivity contribution in [2.75, 3.05) is 0 Å². The summed E-state index contributed by atoms with van der Waals surface area (Å²) in [5.41, 5.74) is -0.0564. The topological polar surface area (TPSA) is 83.8 Å². The molecule has 0 heterocycles. The Morgan fingerprint density at radius 3 is 2.57 bits per heavy atom. The summed E-state index contributed by atoms with van der Waals surface area (Å²) in [6.45, 7) is 1.12. The summed E-state index contributed by atoms with van der Waals surface area (Å²) in [4.78, 5) is 21.0. The van der Waals surface area contributed by atoms with E-state index in [1.165, 1.54) is 6.07 Å². The summed E-state index contributed by atoms with van der Waals surface area (Å²) in [6, 6.07) is 2.37. The summed E-state index contributed by atoms with van der Waals surface area (Å²) >= 11 is 0. The molecule has 0 fully saturated rings. The molecule has 2 N–H and O–H groups in total. The number of ether oxygens (including phenoxy) is 1. The molecule has 0 atom stereocenters. The minimum absolute atomic E-state index is 0.0564. The molecule has 0 unspecified atom stereocenters. The first-order chi connectivity index (χ1) is 6.56. The van der Waals surface area contributed by atoms with Gasteiger partial charge in [-0.3, -0.25) is 9.59 Å². The molecule has 1 aromatic carbocycles. The van der Waals surface area contributed by atoms with Crippen LogP contribution in [0.4, 0.5) is 0 Å². The van der Waals surface area contributed by atoms with Crippen molar-refractivity contribution < 1.29 is 24.5 Å². The summed E-state index contributed by atoms with van der Waals surface area (Å²) in [5.74, 6) is -2.04. The summed E-state index contributed by atoms with van der Waals surface area (Å²) in [5, 5.41) is 18.6. The maximum Gasteiger partial charge on any atom is 0.308 e. The van der Waals surface area contributed by atoms with E-state index in [0.29, 0.717) is 6.29 Å². The minimum atomic E-state index is -0.696. The van der Waals surface area contributed by atoms with Crippen LogP contribution < -0.4 is 4.74 Å². The lowest BCUT2D eigenvalue weighted by Crippen LogP contribution is -2.02. The molecule has 1 rings (SSSR count). The first kappa shape index (κ1) is 10.0. The van der Waals surface area contributed by atoms with Gasteiger partial charge in [-0.05, 0) is 12.1 Å². The van der Waals surface area contributed by atoms with Gasteiger partial charge in [0.15, 0.2) is 17.8 Å². The van der Waals surface area contributed by atoms with E-state index in [4.69, 9.17) is 0 Å². The van der Waals surface area contributed by atoms with E-state index in [0.717, 1.165) is 13.0 Å². The first-order valence-electron chi connectivity index (χ1n) is 3.74. The molecule has 0 aliphatic rings. The molecule has 0 aliphatic heterocycles. The Morgan fingerprint density at radius 1 is 1.43 bits per heavy atom. The third kappa shape index (κ3) is 1.82. The molecule has 0 bridgehead atoms. The first-order valence-corrected chi connectivity index (χ1v) is 3.74. The SMILES string of the molecule is CC(=O)Oc1c(O)ccc(C=O)c1O. The number of phenols is 2. The summed E-state index contributed by atoms with van der Waals surface area (Å²) in [6.07, 6.45) is 0.391. The molecule has 0 aromatic heterocycles. The highest BCUT2D eigenvalue weighted by atomic mass is 16.5. The summed E-state index contributed by atoms with van der Waals surface area (Å²) < 4.78 is 4.52. The normalized spacial score (nSPS) is 9.50. The molecular weight excluding hydrogens is 188 g/mol. The molecule has 0 radical (unpaired) electrons. The van der Waals surface area contributed by atoms with Gasteiger partial charge in [0.25, 0.3) is 0 Å². The second-order valence-corrected chi connectivity index (χ2v) is 2.56. The number of carbonyl (C=O) groups excluding carboxylic acids is 2. The van der Waals surface area contributed by atoms with Crippen LogP contribution in [0.2, 0.25) is 0 Å². The largest absolute Gasteiger partial charge is 0.504 e. The molecule has 0 aliphatic carbocycles. The van der Waals surface area contributed by atoms with E-state index in [1.807, 2.05) is 0 Å². The zero-order chi connectivity index (χ0) is 10.7. The van der Waals surface area contributed by atoms with Crippen LogP contribution in [-0.2, 0) is 4.79 Å². The molecule has 74 valence electrons. The Balaban J connectivity index is 3.24. The molecule has 0 saturated heterocycles. The van der Waals surface area contributed by atoms with Crippen LogP contribution in [0.1, 0.15) is 17.3 Å². The zero-order valence-electron chi connectivity index (χ0n) is 7.35. The number of hydrogen-bond donors (Lipinski definition) is 2. The lowest BCUT2D eigenvalue weighted by molar-refractivity contribution is -0.132. The lowest BCUT2D eigenvalue weighted by atomic mass is 10.2. The maximum atomic E-state index is 10.6. The van der Waals surface area contributed by atoms with Gasteiger partial charge < -0.3 is 14.9 Å². The van der Waals surface area contributed by atoms with Crippen molar-refractivity contribution in [3.63, 3.8) is 0 Å². The van der Waals surface area contributed by atoms with Crippen molar-refractivity contribution in [1.82, 2.24) is 0 Å². The van der Waals surface area contributed by atoms with Crippen LogP contribution in [0.15, 0.2) is 12.1 Å². The van der Waals surface area contributed by atoms with Crippen molar-refractivity contribution in [2.45, 2.75) is 6.92 Å². The van der Waals surface area contributed by atoms with Gasteiger partial charge in [0.1, 0.15) is 0 Å². The smallest absolute Gasteiger partial charge is 0.308 e. The molecule has 5 nitrogen and oxygen atoms in total. The van der Waals surface area contributed by atoms with Crippen LogP contribution in [0.5, 0.6) is 17.2 Å². The molecule has 0 spiro atoms.